The normalized spacial score (nSPS) is 10.5. The molecular weight excluding hydrogens is 148 g/mol. The molecule has 0 bridgehead atoms. The third-order valence-electron chi connectivity index (χ3n) is 1.92. The molecule has 2 heteroatoms. The molecule has 2 aromatic heterocycles. The lowest BCUT2D eigenvalue weighted by Crippen LogP contribution is -2.02. The van der Waals surface area contributed by atoms with E-state index in [9.17, 15) is 0 Å². The highest BCUT2D eigenvalue weighted by atomic mass is 15.4. The summed E-state index contributed by atoms with van der Waals surface area (Å²) < 4.78 is 4.12. The van der Waals surface area contributed by atoms with Crippen LogP contribution in [0.25, 0.3) is 0 Å². The van der Waals surface area contributed by atoms with Gasteiger partial charge in [0, 0.05) is 24.8 Å². The van der Waals surface area contributed by atoms with E-state index in [0.717, 1.165) is 0 Å². The summed E-state index contributed by atoms with van der Waals surface area (Å²) in [7, 11) is 0. The molecule has 2 rings (SSSR count). The van der Waals surface area contributed by atoms with Crippen LogP contribution in [0.5, 0.6) is 0 Å². The van der Waals surface area contributed by atoms with Crippen molar-refractivity contribution in [2.45, 2.75) is 13.8 Å². The second-order valence-corrected chi connectivity index (χ2v) is 3.14. The molecule has 2 nitrogen and oxygen atoms in total. The summed E-state index contributed by atoms with van der Waals surface area (Å²) in [4.78, 5) is 0. The summed E-state index contributed by atoms with van der Waals surface area (Å²) in [6.45, 7) is 4.18. The fraction of sp³-hybridized carbons (Fsp3) is 0.200. The van der Waals surface area contributed by atoms with Crippen LogP contribution in [0.4, 0.5) is 0 Å². The number of aromatic nitrogens is 2. The maximum atomic E-state index is 2.10. The largest absolute Gasteiger partial charge is 0.264 e. The molecule has 0 saturated heterocycles. The lowest BCUT2D eigenvalue weighted by molar-refractivity contribution is 0.666. The van der Waals surface area contributed by atoms with Crippen molar-refractivity contribution < 1.29 is 0 Å². The van der Waals surface area contributed by atoms with Gasteiger partial charge >= 0.3 is 0 Å². The number of nitrogens with zero attached hydrogens (tertiary/aromatic N) is 2. The minimum Gasteiger partial charge on any atom is -0.264 e. The fourth-order valence-corrected chi connectivity index (χ4v) is 1.26. The second-order valence-electron chi connectivity index (χ2n) is 3.14. The third kappa shape index (κ3) is 1.16. The highest BCUT2D eigenvalue weighted by Crippen LogP contribution is 2.03. The summed E-state index contributed by atoms with van der Waals surface area (Å²) in [5.41, 5.74) is 2.56. The molecule has 0 amide bonds. The van der Waals surface area contributed by atoms with Gasteiger partial charge in [-0.1, -0.05) is 0 Å². The van der Waals surface area contributed by atoms with Gasteiger partial charge in [0.25, 0.3) is 0 Å². The quantitative estimate of drug-likeness (QED) is 0.605. The van der Waals surface area contributed by atoms with Gasteiger partial charge in [0.15, 0.2) is 0 Å². The van der Waals surface area contributed by atoms with E-state index in [1.807, 2.05) is 0 Å². The van der Waals surface area contributed by atoms with Crippen molar-refractivity contribution in [3.63, 3.8) is 0 Å². The van der Waals surface area contributed by atoms with Gasteiger partial charge in [0.05, 0.1) is 0 Å². The van der Waals surface area contributed by atoms with Gasteiger partial charge < -0.3 is 0 Å². The van der Waals surface area contributed by atoms with Gasteiger partial charge in [0.2, 0.25) is 0 Å². The lowest BCUT2D eigenvalue weighted by Gasteiger charge is -2.02. The minimum atomic E-state index is 1.28. The van der Waals surface area contributed by atoms with Crippen LogP contribution in [0, 0.1) is 13.8 Å². The molecule has 0 saturated carbocycles. The molecule has 2 aromatic rings. The van der Waals surface area contributed by atoms with Crippen LogP contribution in [-0.4, -0.2) is 9.35 Å². The highest BCUT2D eigenvalue weighted by molar-refractivity contribution is 5.11. The van der Waals surface area contributed by atoms with Crippen molar-refractivity contribution in [1.82, 2.24) is 9.35 Å². The predicted molar refractivity (Wildman–Crippen MR) is 49.1 cm³/mol. The summed E-state index contributed by atoms with van der Waals surface area (Å²) in [5.74, 6) is 0. The maximum Gasteiger partial charge on any atom is 0.0297 e. The molecule has 0 spiro atoms. The Morgan fingerprint density at radius 1 is 0.833 bits per heavy atom. The van der Waals surface area contributed by atoms with E-state index >= 15 is 0 Å². The topological polar surface area (TPSA) is 9.86 Å². The van der Waals surface area contributed by atoms with Gasteiger partial charge in [0.1, 0.15) is 0 Å². The first-order valence-corrected chi connectivity index (χ1v) is 4.05. The fourth-order valence-electron chi connectivity index (χ4n) is 1.26. The zero-order valence-corrected chi connectivity index (χ0v) is 7.36. The van der Waals surface area contributed by atoms with Crippen LogP contribution in [0.15, 0.2) is 36.9 Å². The number of rotatable bonds is 1. The highest BCUT2D eigenvalue weighted by Gasteiger charge is 1.93. The van der Waals surface area contributed by atoms with Crippen LogP contribution in [0.1, 0.15) is 11.1 Å². The Morgan fingerprint density at radius 3 is 1.50 bits per heavy atom. The van der Waals surface area contributed by atoms with E-state index in [1.165, 1.54) is 11.1 Å². The van der Waals surface area contributed by atoms with E-state index in [4.69, 9.17) is 0 Å². The molecule has 0 aromatic carbocycles. The zero-order valence-electron chi connectivity index (χ0n) is 7.36. The van der Waals surface area contributed by atoms with Gasteiger partial charge in [-0.05, 0) is 37.1 Å². The van der Waals surface area contributed by atoms with Gasteiger partial charge in [-0.3, -0.25) is 9.35 Å². The van der Waals surface area contributed by atoms with Crippen molar-refractivity contribution >= 4 is 0 Å². The molecule has 0 N–H and O–H groups in total. The average Bonchev–Trinajstić information content (AvgIpc) is 2.58. The monoisotopic (exact) mass is 160 g/mol. The SMILES string of the molecule is Cc1ccn(-n2ccc(C)c2)c1. The standard InChI is InChI=1S/C10H12N2/c1-9-3-5-11(7-9)12-6-4-10(2)8-12/h3-8H,1-2H3. The Bertz CT molecular complexity index is 344. The number of aryl methyl sites for hydroxylation is 2. The minimum absolute atomic E-state index is 1.28. The molecule has 0 atom stereocenters. The molecule has 2 heterocycles. The molecule has 0 unspecified atom stereocenters. The summed E-state index contributed by atoms with van der Waals surface area (Å²) >= 11 is 0. The summed E-state index contributed by atoms with van der Waals surface area (Å²) in [6, 6.07) is 4.19. The van der Waals surface area contributed by atoms with Gasteiger partial charge in [-0.15, -0.1) is 0 Å². The van der Waals surface area contributed by atoms with Crippen molar-refractivity contribution in [2.75, 3.05) is 0 Å². The smallest absolute Gasteiger partial charge is 0.0297 e. The van der Waals surface area contributed by atoms with E-state index in [1.54, 1.807) is 0 Å². The van der Waals surface area contributed by atoms with E-state index in [0.29, 0.717) is 0 Å². The van der Waals surface area contributed by atoms with Crippen LogP contribution in [0.3, 0.4) is 0 Å². The van der Waals surface area contributed by atoms with Crippen molar-refractivity contribution in [2.24, 2.45) is 0 Å². The number of hydrogen-bond acceptors (Lipinski definition) is 0. The molecule has 0 aliphatic carbocycles. The Labute approximate surface area is 72.0 Å². The van der Waals surface area contributed by atoms with E-state index in [-0.39, 0.29) is 0 Å². The molecular formula is C10H12N2. The first-order chi connectivity index (χ1) is 5.75. The Kier molecular flexibility index (Phi) is 1.54. The molecule has 0 fully saturated rings. The van der Waals surface area contributed by atoms with Crippen LogP contribution < -0.4 is 0 Å². The zero-order chi connectivity index (χ0) is 8.55. The van der Waals surface area contributed by atoms with E-state index in [2.05, 4.69) is 60.1 Å². The molecule has 0 radical (unpaired) electrons. The first kappa shape index (κ1) is 7.22. The Hall–Kier alpha value is -1.44. The Morgan fingerprint density at radius 2 is 1.25 bits per heavy atom. The first-order valence-electron chi connectivity index (χ1n) is 4.05. The molecule has 12 heavy (non-hydrogen) atoms. The average molecular weight is 160 g/mol. The Balaban J connectivity index is 2.43. The second kappa shape index (κ2) is 2.55. The molecule has 0 aliphatic rings. The third-order valence-corrected chi connectivity index (χ3v) is 1.92. The van der Waals surface area contributed by atoms with Crippen molar-refractivity contribution in [3.8, 4) is 0 Å². The van der Waals surface area contributed by atoms with Gasteiger partial charge in [-0.2, -0.15) is 0 Å². The van der Waals surface area contributed by atoms with E-state index < -0.39 is 0 Å². The molecule has 62 valence electrons. The lowest BCUT2D eigenvalue weighted by atomic mass is 10.4. The van der Waals surface area contributed by atoms with Crippen LogP contribution >= 0.6 is 0 Å². The van der Waals surface area contributed by atoms with Crippen molar-refractivity contribution in [3.05, 3.63) is 48.0 Å². The number of hydrogen-bond donors (Lipinski definition) is 0. The molecule has 0 aliphatic heterocycles. The van der Waals surface area contributed by atoms with Crippen molar-refractivity contribution in [1.29, 1.82) is 0 Å². The van der Waals surface area contributed by atoms with Crippen LogP contribution in [0.2, 0.25) is 0 Å². The summed E-state index contributed by atoms with van der Waals surface area (Å²) in [6.07, 6.45) is 8.29. The summed E-state index contributed by atoms with van der Waals surface area (Å²) in [5, 5.41) is 0. The maximum absolute atomic E-state index is 2.10. The van der Waals surface area contributed by atoms with Crippen LogP contribution in [-0.2, 0) is 0 Å². The predicted octanol–water partition coefficient (Wildman–Crippen LogP) is 2.22. The van der Waals surface area contributed by atoms with Gasteiger partial charge in [-0.25, -0.2) is 0 Å².